The van der Waals surface area contributed by atoms with E-state index in [-0.39, 0.29) is 17.2 Å². The molecule has 0 fully saturated rings. The first-order valence-electron chi connectivity index (χ1n) is 9.19. The monoisotopic (exact) mass is 524 g/mol. The third-order valence-electron chi connectivity index (χ3n) is 4.62. The van der Waals surface area contributed by atoms with Crippen molar-refractivity contribution in [1.29, 1.82) is 0 Å². The van der Waals surface area contributed by atoms with Gasteiger partial charge in [-0.25, -0.2) is 9.67 Å². The Bertz CT molecular complexity index is 1670. The normalized spacial score (nSPS) is 12.6. The number of nitrogens with zero attached hydrogens (tertiary/aromatic N) is 5. The molecule has 4 rings (SSSR count). The van der Waals surface area contributed by atoms with Crippen LogP contribution in [-0.2, 0) is 20.2 Å². The van der Waals surface area contributed by atoms with Crippen LogP contribution in [0.4, 0.5) is 16.6 Å². The number of ether oxygens (including phenoxy) is 1. The number of aryl methyl sites for hydroxylation is 1. The Morgan fingerprint density at radius 2 is 1.79 bits per heavy atom. The minimum absolute atomic E-state index is 0.0652. The predicted octanol–water partition coefficient (Wildman–Crippen LogP) is 3.29. The highest BCUT2D eigenvalue weighted by molar-refractivity contribution is 7.86. The summed E-state index contributed by atoms with van der Waals surface area (Å²) in [6.07, 6.45) is 0. The van der Waals surface area contributed by atoms with E-state index in [4.69, 9.17) is 10.5 Å². The number of thiazole rings is 1. The van der Waals surface area contributed by atoms with E-state index in [0.29, 0.717) is 16.4 Å². The van der Waals surface area contributed by atoms with Crippen molar-refractivity contribution < 1.29 is 30.7 Å². The smallest absolute Gasteiger partial charge is 0.296 e. The molecule has 0 aliphatic carbocycles. The van der Waals surface area contributed by atoms with Crippen molar-refractivity contribution in [2.24, 2.45) is 10.2 Å². The molecule has 16 heteroatoms. The van der Waals surface area contributed by atoms with Gasteiger partial charge in [0.05, 0.1) is 33.6 Å². The third-order valence-corrected chi connectivity index (χ3v) is 7.29. The molecule has 2 aromatic heterocycles. The lowest BCUT2D eigenvalue weighted by Gasteiger charge is -2.10. The van der Waals surface area contributed by atoms with Crippen LogP contribution in [0.25, 0.3) is 15.9 Å². The summed E-state index contributed by atoms with van der Waals surface area (Å²) in [5.41, 5.74) is 6.64. The highest BCUT2D eigenvalue weighted by Crippen LogP contribution is 2.35. The topological polar surface area (TPSA) is 199 Å². The molecule has 4 N–H and O–H groups in total. The second-order valence-corrected chi connectivity index (χ2v) is 10.7. The molecule has 178 valence electrons. The third kappa shape index (κ3) is 4.48. The number of nitrogens with two attached hydrogens (primary N) is 1. The van der Waals surface area contributed by atoms with Gasteiger partial charge in [-0.05, 0) is 37.3 Å². The van der Waals surface area contributed by atoms with Crippen LogP contribution in [0.5, 0.6) is 5.75 Å². The number of nitrogen functional groups attached to an aromatic ring is 1. The molecular formula is C18H16N6O7S3. The average molecular weight is 525 g/mol. The van der Waals surface area contributed by atoms with Crippen molar-refractivity contribution in [2.45, 2.75) is 16.7 Å². The minimum atomic E-state index is -4.81. The molecule has 0 aliphatic heterocycles. The zero-order valence-electron chi connectivity index (χ0n) is 17.4. The fourth-order valence-electron chi connectivity index (χ4n) is 3.04. The van der Waals surface area contributed by atoms with E-state index in [1.54, 1.807) is 12.1 Å². The molecule has 4 aromatic rings. The highest BCUT2D eigenvalue weighted by atomic mass is 32.2. The summed E-state index contributed by atoms with van der Waals surface area (Å²) in [5.74, 6) is 0.436. The number of azo groups is 1. The molecule has 0 spiro atoms. The molecule has 0 bridgehead atoms. The van der Waals surface area contributed by atoms with Crippen molar-refractivity contribution in [3.05, 3.63) is 42.1 Å². The van der Waals surface area contributed by atoms with Gasteiger partial charge in [0.15, 0.2) is 11.5 Å². The number of hydrogen-bond donors (Lipinski definition) is 3. The number of anilines is 1. The number of aromatic nitrogens is 3. The Labute approximate surface area is 197 Å². The number of benzene rings is 2. The maximum Gasteiger partial charge on any atom is 0.296 e. The van der Waals surface area contributed by atoms with Crippen LogP contribution in [0.1, 0.15) is 5.69 Å². The summed E-state index contributed by atoms with van der Waals surface area (Å²) >= 11 is 1.26. The Hall–Kier alpha value is -3.44. The number of hydrogen-bond acceptors (Lipinski definition) is 11. The predicted molar refractivity (Wildman–Crippen MR) is 123 cm³/mol. The maximum absolute atomic E-state index is 11.8. The molecule has 0 saturated carbocycles. The van der Waals surface area contributed by atoms with Crippen LogP contribution in [0.2, 0.25) is 0 Å². The molecule has 0 radical (unpaired) electrons. The zero-order chi connectivity index (χ0) is 24.8. The van der Waals surface area contributed by atoms with Crippen molar-refractivity contribution >= 4 is 58.4 Å². The quantitative estimate of drug-likeness (QED) is 0.248. The SMILES string of the molecule is COc1ccc2sc(/N=N/c3c(C)nn(-c4cc(S(=O)(=O)O)ccc4S(=O)(=O)O)c3N)nc2c1. The lowest BCUT2D eigenvalue weighted by atomic mass is 10.3. The standard InChI is InChI=1S/C18H16N6O7S3/c1-9-16(21-22-18-20-12-7-10(31-2)3-5-14(12)32-18)17(19)24(23-9)13-8-11(33(25,26)27)4-6-15(13)34(28,29)30/h3-8H,19H2,1-2H3,(H,25,26,27)(H,28,29,30)/b22-21+. The van der Waals surface area contributed by atoms with Gasteiger partial charge in [-0.3, -0.25) is 9.11 Å². The molecule has 2 heterocycles. The van der Waals surface area contributed by atoms with Crippen molar-refractivity contribution in [2.75, 3.05) is 12.8 Å². The molecule has 2 aromatic carbocycles. The van der Waals surface area contributed by atoms with E-state index in [0.717, 1.165) is 27.6 Å². The molecule has 0 saturated heterocycles. The van der Waals surface area contributed by atoms with Crippen LogP contribution in [0.15, 0.2) is 56.4 Å². The molecule has 34 heavy (non-hydrogen) atoms. The largest absolute Gasteiger partial charge is 0.497 e. The van der Waals surface area contributed by atoms with Crippen LogP contribution in [0, 0.1) is 6.92 Å². The van der Waals surface area contributed by atoms with Gasteiger partial charge in [0.1, 0.15) is 10.6 Å². The summed E-state index contributed by atoms with van der Waals surface area (Å²) in [4.78, 5) is 3.04. The van der Waals surface area contributed by atoms with Crippen LogP contribution in [-0.4, -0.2) is 47.8 Å². The molecule has 13 nitrogen and oxygen atoms in total. The fourth-order valence-corrected chi connectivity index (χ4v) is 4.96. The maximum atomic E-state index is 11.8. The van der Waals surface area contributed by atoms with Crippen molar-refractivity contribution in [3.8, 4) is 11.4 Å². The van der Waals surface area contributed by atoms with E-state index in [1.165, 1.54) is 25.4 Å². The van der Waals surface area contributed by atoms with Crippen molar-refractivity contribution in [1.82, 2.24) is 14.8 Å². The molecule has 0 atom stereocenters. The van der Waals surface area contributed by atoms with Crippen LogP contribution in [0.3, 0.4) is 0 Å². The van der Waals surface area contributed by atoms with Crippen LogP contribution >= 0.6 is 11.3 Å². The van der Waals surface area contributed by atoms with E-state index >= 15 is 0 Å². The van der Waals surface area contributed by atoms with Gasteiger partial charge >= 0.3 is 0 Å². The van der Waals surface area contributed by atoms with E-state index in [9.17, 15) is 25.9 Å². The number of fused-ring (bicyclic) bond motifs is 1. The zero-order valence-corrected chi connectivity index (χ0v) is 19.9. The first-order chi connectivity index (χ1) is 15.9. The lowest BCUT2D eigenvalue weighted by Crippen LogP contribution is -2.11. The molecule has 0 aliphatic rings. The molecule has 0 unspecified atom stereocenters. The van der Waals surface area contributed by atoms with Gasteiger partial charge in [-0.15, -0.1) is 10.2 Å². The Morgan fingerprint density at radius 1 is 1.06 bits per heavy atom. The summed E-state index contributed by atoms with van der Waals surface area (Å²) in [5, 5.41) is 12.6. The Morgan fingerprint density at radius 3 is 2.44 bits per heavy atom. The van der Waals surface area contributed by atoms with Gasteiger partial charge < -0.3 is 10.5 Å². The van der Waals surface area contributed by atoms with Gasteiger partial charge in [0, 0.05) is 6.07 Å². The van der Waals surface area contributed by atoms with Gasteiger partial charge in [0.2, 0.25) is 5.13 Å². The van der Waals surface area contributed by atoms with E-state index in [2.05, 4.69) is 20.3 Å². The van der Waals surface area contributed by atoms with E-state index < -0.39 is 35.7 Å². The molecular weight excluding hydrogens is 508 g/mol. The summed E-state index contributed by atoms with van der Waals surface area (Å²) in [6.45, 7) is 1.52. The summed E-state index contributed by atoms with van der Waals surface area (Å²) in [6, 6.07) is 7.77. The fraction of sp³-hybridized carbons (Fsp3) is 0.111. The Balaban J connectivity index is 1.80. The van der Waals surface area contributed by atoms with Gasteiger partial charge in [0.25, 0.3) is 20.2 Å². The average Bonchev–Trinajstić information content (AvgIpc) is 3.29. The first kappa shape index (κ1) is 23.7. The summed E-state index contributed by atoms with van der Waals surface area (Å²) < 4.78 is 72.6. The number of methoxy groups -OCH3 is 1. The highest BCUT2D eigenvalue weighted by Gasteiger charge is 2.24. The minimum Gasteiger partial charge on any atom is -0.497 e. The van der Waals surface area contributed by atoms with Gasteiger partial charge in [-0.2, -0.15) is 21.9 Å². The second kappa shape index (κ2) is 8.41. The second-order valence-electron chi connectivity index (χ2n) is 6.84. The van der Waals surface area contributed by atoms with Crippen molar-refractivity contribution in [3.63, 3.8) is 0 Å². The number of rotatable bonds is 6. The van der Waals surface area contributed by atoms with Crippen LogP contribution < -0.4 is 10.5 Å². The first-order valence-corrected chi connectivity index (χ1v) is 12.9. The Kier molecular flexibility index (Phi) is 5.86. The van der Waals surface area contributed by atoms with E-state index in [1.807, 2.05) is 6.07 Å². The molecule has 0 amide bonds. The van der Waals surface area contributed by atoms with Gasteiger partial charge in [-0.1, -0.05) is 11.3 Å². The lowest BCUT2D eigenvalue weighted by molar-refractivity contribution is 0.415. The summed E-state index contributed by atoms with van der Waals surface area (Å²) in [7, 11) is -7.96.